The van der Waals surface area contributed by atoms with E-state index in [-0.39, 0.29) is 22.3 Å². The highest BCUT2D eigenvalue weighted by atomic mass is 32.2. The zero-order chi connectivity index (χ0) is 24.2. The molecule has 0 unspecified atom stereocenters. The Morgan fingerprint density at radius 2 is 1.58 bits per heavy atom. The maximum atomic E-state index is 13.1. The number of carbonyl (C=O) groups is 2. The second-order valence-corrected chi connectivity index (χ2v) is 9.93. The Morgan fingerprint density at radius 3 is 2.24 bits per heavy atom. The van der Waals surface area contributed by atoms with E-state index in [9.17, 15) is 18.0 Å². The van der Waals surface area contributed by atoms with Gasteiger partial charge in [0, 0.05) is 29.9 Å². The molecule has 0 atom stereocenters. The number of sulfonamides is 1. The first kappa shape index (κ1) is 24.0. The van der Waals surface area contributed by atoms with Crippen LogP contribution in [0, 0.1) is 12.8 Å². The van der Waals surface area contributed by atoms with Crippen LogP contribution in [0.4, 0.5) is 17.1 Å². The van der Waals surface area contributed by atoms with E-state index in [0.717, 1.165) is 5.56 Å². The van der Waals surface area contributed by atoms with Gasteiger partial charge >= 0.3 is 0 Å². The highest BCUT2D eigenvalue weighted by molar-refractivity contribution is 7.92. The first-order valence-corrected chi connectivity index (χ1v) is 11.9. The topological polar surface area (TPSA) is 95.6 Å². The van der Waals surface area contributed by atoms with Crippen LogP contribution >= 0.6 is 0 Å². The van der Waals surface area contributed by atoms with Crippen molar-refractivity contribution in [3.8, 4) is 0 Å². The van der Waals surface area contributed by atoms with Crippen molar-refractivity contribution >= 4 is 38.9 Å². The third-order valence-corrected chi connectivity index (χ3v) is 6.93. The van der Waals surface area contributed by atoms with Crippen LogP contribution in [0.15, 0.2) is 77.7 Å². The summed E-state index contributed by atoms with van der Waals surface area (Å²) < 4.78 is 27.3. The Balaban J connectivity index is 1.84. The lowest BCUT2D eigenvalue weighted by atomic mass is 10.1. The van der Waals surface area contributed by atoms with Crippen molar-refractivity contribution in [2.24, 2.45) is 5.92 Å². The molecule has 0 aliphatic heterocycles. The molecule has 0 aliphatic rings. The van der Waals surface area contributed by atoms with Crippen LogP contribution < -0.4 is 14.9 Å². The van der Waals surface area contributed by atoms with Gasteiger partial charge in [-0.05, 0) is 55.0 Å². The van der Waals surface area contributed by atoms with E-state index in [2.05, 4.69) is 10.6 Å². The number of nitrogens with zero attached hydrogens (tertiary/aromatic N) is 1. The maximum Gasteiger partial charge on any atom is 0.264 e. The van der Waals surface area contributed by atoms with Crippen LogP contribution in [-0.4, -0.2) is 27.3 Å². The summed E-state index contributed by atoms with van der Waals surface area (Å²) in [6.45, 7) is 5.42. The van der Waals surface area contributed by atoms with Crippen LogP contribution in [0.1, 0.15) is 29.8 Å². The molecule has 2 amide bonds. The summed E-state index contributed by atoms with van der Waals surface area (Å²) >= 11 is 0. The van der Waals surface area contributed by atoms with E-state index in [4.69, 9.17) is 0 Å². The van der Waals surface area contributed by atoms with Crippen molar-refractivity contribution in [2.75, 3.05) is 22.0 Å². The largest absolute Gasteiger partial charge is 0.326 e. The summed E-state index contributed by atoms with van der Waals surface area (Å²) in [7, 11) is -2.38. The van der Waals surface area contributed by atoms with Gasteiger partial charge in [0.15, 0.2) is 0 Å². The molecule has 0 saturated heterocycles. The van der Waals surface area contributed by atoms with Crippen LogP contribution in [0.2, 0.25) is 0 Å². The summed E-state index contributed by atoms with van der Waals surface area (Å²) in [6.07, 6.45) is 0. The third kappa shape index (κ3) is 5.59. The number of para-hydroxylation sites is 1. The maximum absolute atomic E-state index is 13.1. The van der Waals surface area contributed by atoms with Crippen molar-refractivity contribution in [3.05, 3.63) is 83.9 Å². The molecule has 0 heterocycles. The van der Waals surface area contributed by atoms with Gasteiger partial charge in [-0.15, -0.1) is 0 Å². The van der Waals surface area contributed by atoms with Gasteiger partial charge in [-0.2, -0.15) is 0 Å². The molecule has 7 nitrogen and oxygen atoms in total. The predicted octanol–water partition coefficient (Wildman–Crippen LogP) is 4.67. The van der Waals surface area contributed by atoms with Crippen molar-refractivity contribution in [3.63, 3.8) is 0 Å². The fourth-order valence-corrected chi connectivity index (χ4v) is 4.29. The average molecular weight is 466 g/mol. The first-order valence-electron chi connectivity index (χ1n) is 10.5. The molecule has 0 aliphatic carbocycles. The van der Waals surface area contributed by atoms with Gasteiger partial charge in [0.05, 0.1) is 10.6 Å². The molecule has 0 fully saturated rings. The molecule has 8 heteroatoms. The van der Waals surface area contributed by atoms with Gasteiger partial charge in [-0.3, -0.25) is 13.9 Å². The number of hydrogen-bond acceptors (Lipinski definition) is 4. The minimum atomic E-state index is -3.85. The third-order valence-electron chi connectivity index (χ3n) is 5.15. The molecule has 0 spiro atoms. The summed E-state index contributed by atoms with van der Waals surface area (Å²) in [5.74, 6) is -0.760. The van der Waals surface area contributed by atoms with Gasteiger partial charge in [-0.1, -0.05) is 44.2 Å². The molecular weight excluding hydrogens is 438 g/mol. The summed E-state index contributed by atoms with van der Waals surface area (Å²) in [4.78, 5) is 24.9. The Morgan fingerprint density at radius 1 is 0.879 bits per heavy atom. The molecule has 172 valence electrons. The minimum absolute atomic E-state index is 0.0103. The molecule has 3 aromatic rings. The van der Waals surface area contributed by atoms with Gasteiger partial charge in [0.1, 0.15) is 0 Å². The van der Waals surface area contributed by atoms with Crippen LogP contribution in [-0.2, 0) is 14.8 Å². The summed E-state index contributed by atoms with van der Waals surface area (Å²) in [5, 5.41) is 5.61. The normalized spacial score (nSPS) is 11.2. The second-order valence-electron chi connectivity index (χ2n) is 7.96. The highest BCUT2D eigenvalue weighted by Gasteiger charge is 2.22. The van der Waals surface area contributed by atoms with Crippen molar-refractivity contribution in [2.45, 2.75) is 25.7 Å². The molecule has 0 saturated carbocycles. The van der Waals surface area contributed by atoms with Crippen LogP contribution in [0.25, 0.3) is 0 Å². The number of aryl methyl sites for hydroxylation is 1. The zero-order valence-electron chi connectivity index (χ0n) is 19.0. The Kier molecular flexibility index (Phi) is 7.18. The lowest BCUT2D eigenvalue weighted by Crippen LogP contribution is -2.26. The van der Waals surface area contributed by atoms with Gasteiger partial charge in [0.25, 0.3) is 15.9 Å². The average Bonchev–Trinajstić information content (AvgIpc) is 2.81. The predicted molar refractivity (Wildman–Crippen MR) is 131 cm³/mol. The van der Waals surface area contributed by atoms with E-state index in [1.165, 1.54) is 29.6 Å². The molecule has 3 aromatic carbocycles. The molecular formula is C25H27N3O4S. The van der Waals surface area contributed by atoms with Crippen molar-refractivity contribution < 1.29 is 18.0 Å². The number of rotatable bonds is 7. The molecule has 0 radical (unpaired) electrons. The smallest absolute Gasteiger partial charge is 0.264 e. The van der Waals surface area contributed by atoms with E-state index in [1.54, 1.807) is 68.4 Å². The Bertz CT molecular complexity index is 1270. The second kappa shape index (κ2) is 9.87. The quantitative estimate of drug-likeness (QED) is 0.530. The minimum Gasteiger partial charge on any atom is -0.326 e. The van der Waals surface area contributed by atoms with Crippen LogP contribution in [0.5, 0.6) is 0 Å². The SMILES string of the molecule is Cc1ccc(NC(=O)C(C)C)cc1NC(=O)c1cccc(S(=O)(=O)N(C)c2ccccc2)c1. The van der Waals surface area contributed by atoms with E-state index < -0.39 is 15.9 Å². The van der Waals surface area contributed by atoms with Crippen LogP contribution in [0.3, 0.4) is 0 Å². The fraction of sp³-hybridized carbons (Fsp3) is 0.200. The number of carbonyl (C=O) groups excluding carboxylic acids is 2. The molecule has 2 N–H and O–H groups in total. The number of anilines is 3. The van der Waals surface area contributed by atoms with Gasteiger partial charge in [-0.25, -0.2) is 8.42 Å². The van der Waals surface area contributed by atoms with Crippen molar-refractivity contribution in [1.82, 2.24) is 0 Å². The number of amides is 2. The molecule has 0 bridgehead atoms. The Hall–Kier alpha value is -3.65. The monoisotopic (exact) mass is 465 g/mol. The summed E-state index contributed by atoms with van der Waals surface area (Å²) in [5.41, 5.74) is 2.61. The Labute approximate surface area is 194 Å². The lowest BCUT2D eigenvalue weighted by molar-refractivity contribution is -0.118. The van der Waals surface area contributed by atoms with Gasteiger partial charge < -0.3 is 10.6 Å². The fourth-order valence-electron chi connectivity index (χ4n) is 3.05. The van der Waals surface area contributed by atoms with Crippen molar-refractivity contribution in [1.29, 1.82) is 0 Å². The highest BCUT2D eigenvalue weighted by Crippen LogP contribution is 2.24. The molecule has 3 rings (SSSR count). The summed E-state index contributed by atoms with van der Waals surface area (Å²) in [6, 6.07) is 19.8. The van der Waals surface area contributed by atoms with Gasteiger partial charge in [0.2, 0.25) is 5.91 Å². The molecule has 33 heavy (non-hydrogen) atoms. The van der Waals surface area contributed by atoms with E-state index in [0.29, 0.717) is 17.1 Å². The molecule has 0 aromatic heterocycles. The van der Waals surface area contributed by atoms with E-state index in [1.807, 2.05) is 6.92 Å². The van der Waals surface area contributed by atoms with E-state index >= 15 is 0 Å². The lowest BCUT2D eigenvalue weighted by Gasteiger charge is -2.19. The number of hydrogen-bond donors (Lipinski definition) is 2. The standard InChI is InChI=1S/C25H27N3O4S/c1-17(2)24(29)26-20-14-13-18(3)23(16-20)27-25(30)19-9-8-12-22(15-19)33(31,32)28(4)21-10-6-5-7-11-21/h5-17H,1-4H3,(H,26,29)(H,27,30). The number of benzene rings is 3. The number of nitrogens with one attached hydrogen (secondary N) is 2. The first-order chi connectivity index (χ1) is 15.6. The zero-order valence-corrected chi connectivity index (χ0v) is 19.8.